The van der Waals surface area contributed by atoms with Crippen LogP contribution in [-0.4, -0.2) is 41.4 Å². The number of hydrogen-bond donors (Lipinski definition) is 5. The Morgan fingerprint density at radius 2 is 1.58 bits per heavy atom. The van der Waals surface area contributed by atoms with E-state index in [0.29, 0.717) is 28.3 Å². The van der Waals surface area contributed by atoms with Gasteiger partial charge < -0.3 is 30.3 Å². The Balaban J connectivity index is 1.71. The van der Waals surface area contributed by atoms with Crippen LogP contribution in [-0.2, 0) is 13.2 Å². The molecule has 2 amide bonds. The molecule has 188 valence electrons. The zero-order valence-corrected chi connectivity index (χ0v) is 21.0. The molecule has 0 saturated carbocycles. The number of hydrogen-bond acceptors (Lipinski definition) is 7. The number of amides is 2. The molecule has 0 radical (unpaired) electrons. The van der Waals surface area contributed by atoms with Crippen molar-refractivity contribution in [3.05, 3.63) is 81.9 Å². The second-order valence-electron chi connectivity index (χ2n) is 7.42. The number of halogens is 1. The lowest BCUT2D eigenvalue weighted by Gasteiger charge is -2.15. The molecule has 3 rings (SSSR count). The molecule has 0 aliphatic heterocycles. The summed E-state index contributed by atoms with van der Waals surface area (Å²) in [7, 11) is 2.95. The molecule has 0 atom stereocenters. The van der Waals surface area contributed by atoms with Crippen LogP contribution in [0, 0.1) is 0 Å². The number of rotatable bonds is 8. The quantitative estimate of drug-likeness (QED) is 0.279. The van der Waals surface area contributed by atoms with Gasteiger partial charge in [0.1, 0.15) is 11.5 Å². The van der Waals surface area contributed by atoms with E-state index in [1.807, 2.05) is 0 Å². The molecule has 9 nitrogen and oxygen atoms in total. The molecule has 0 unspecified atom stereocenters. The van der Waals surface area contributed by atoms with E-state index < -0.39 is 11.8 Å². The summed E-state index contributed by atoms with van der Waals surface area (Å²) in [4.78, 5) is 25.5. The summed E-state index contributed by atoms with van der Waals surface area (Å²) in [5.41, 5.74) is 2.10. The highest BCUT2D eigenvalue weighted by molar-refractivity contribution is 7.80. The third-order valence-corrected chi connectivity index (χ3v) is 5.69. The Morgan fingerprint density at radius 3 is 2.19 bits per heavy atom. The highest BCUT2D eigenvalue weighted by Crippen LogP contribution is 2.26. The monoisotopic (exact) mass is 529 g/mol. The van der Waals surface area contributed by atoms with Crippen LogP contribution >= 0.6 is 23.8 Å². The minimum Gasteiger partial charge on any atom is -0.497 e. The predicted octanol–water partition coefficient (Wildman–Crippen LogP) is 3.72. The standard InChI is InChI=1S/C25H24ClN3O6S/c1-34-18-6-3-16(4-7-18)27-24(33)19-11-17(5-8-21(19)26)28-25(36)29-23(32)14-9-15(12-30)20(13-31)22(10-14)35-2/h3-11,30-31H,12-13H2,1-2H3,(H,27,33)(H2,28,29,32,36). The summed E-state index contributed by atoms with van der Waals surface area (Å²) < 4.78 is 10.3. The van der Waals surface area contributed by atoms with Crippen molar-refractivity contribution >= 4 is 52.1 Å². The van der Waals surface area contributed by atoms with E-state index in [0.717, 1.165) is 0 Å². The zero-order chi connectivity index (χ0) is 26.2. The highest BCUT2D eigenvalue weighted by Gasteiger charge is 2.17. The van der Waals surface area contributed by atoms with Gasteiger partial charge in [0, 0.05) is 22.5 Å². The van der Waals surface area contributed by atoms with Gasteiger partial charge in [-0.1, -0.05) is 11.6 Å². The lowest BCUT2D eigenvalue weighted by Crippen LogP contribution is -2.34. The minimum absolute atomic E-state index is 0.0282. The molecule has 0 bridgehead atoms. The third kappa shape index (κ3) is 6.49. The maximum absolute atomic E-state index is 12.8. The molecule has 0 aliphatic rings. The van der Waals surface area contributed by atoms with Crippen molar-refractivity contribution in [3.63, 3.8) is 0 Å². The fraction of sp³-hybridized carbons (Fsp3) is 0.160. The van der Waals surface area contributed by atoms with Crippen molar-refractivity contribution in [2.24, 2.45) is 0 Å². The number of aliphatic hydroxyl groups excluding tert-OH is 2. The van der Waals surface area contributed by atoms with Gasteiger partial charge in [0.15, 0.2) is 5.11 Å². The van der Waals surface area contributed by atoms with Crippen LogP contribution in [0.5, 0.6) is 11.5 Å². The van der Waals surface area contributed by atoms with Crippen LogP contribution < -0.4 is 25.4 Å². The second-order valence-corrected chi connectivity index (χ2v) is 8.23. The number of ether oxygens (including phenoxy) is 2. The number of carbonyl (C=O) groups excluding carboxylic acids is 2. The largest absolute Gasteiger partial charge is 0.497 e. The van der Waals surface area contributed by atoms with Gasteiger partial charge in [-0.25, -0.2) is 0 Å². The summed E-state index contributed by atoms with van der Waals surface area (Å²) in [6.07, 6.45) is 0. The van der Waals surface area contributed by atoms with Crippen molar-refractivity contribution in [2.75, 3.05) is 24.9 Å². The Labute approximate surface area is 218 Å². The topological polar surface area (TPSA) is 129 Å². The summed E-state index contributed by atoms with van der Waals surface area (Å²) in [5.74, 6) is -0.0748. The van der Waals surface area contributed by atoms with Gasteiger partial charge in [-0.3, -0.25) is 14.9 Å². The van der Waals surface area contributed by atoms with E-state index in [9.17, 15) is 19.8 Å². The number of methoxy groups -OCH3 is 2. The van der Waals surface area contributed by atoms with Crippen molar-refractivity contribution < 1.29 is 29.3 Å². The van der Waals surface area contributed by atoms with E-state index in [1.54, 1.807) is 37.4 Å². The maximum Gasteiger partial charge on any atom is 0.257 e. The maximum atomic E-state index is 12.8. The van der Waals surface area contributed by atoms with E-state index >= 15 is 0 Å². The van der Waals surface area contributed by atoms with Crippen LogP contribution in [0.3, 0.4) is 0 Å². The first-order valence-electron chi connectivity index (χ1n) is 10.6. The van der Waals surface area contributed by atoms with Crippen molar-refractivity contribution in [2.45, 2.75) is 13.2 Å². The molecule has 0 fully saturated rings. The Hall–Kier alpha value is -3.70. The second kappa shape index (κ2) is 12.3. The van der Waals surface area contributed by atoms with E-state index in [2.05, 4.69) is 16.0 Å². The van der Waals surface area contributed by atoms with Crippen LogP contribution in [0.4, 0.5) is 11.4 Å². The van der Waals surface area contributed by atoms with E-state index in [-0.39, 0.29) is 40.2 Å². The van der Waals surface area contributed by atoms with Crippen LogP contribution in [0.15, 0.2) is 54.6 Å². The Bertz CT molecular complexity index is 1260. The van der Waals surface area contributed by atoms with Crippen molar-refractivity contribution in [1.29, 1.82) is 0 Å². The summed E-state index contributed by atoms with van der Waals surface area (Å²) in [6, 6.07) is 14.3. The van der Waals surface area contributed by atoms with Crippen molar-refractivity contribution in [3.8, 4) is 11.5 Å². The average molecular weight is 530 g/mol. The van der Waals surface area contributed by atoms with Gasteiger partial charge in [0.05, 0.1) is 38.0 Å². The molecule has 3 aromatic carbocycles. The molecule has 3 aromatic rings. The SMILES string of the molecule is COc1ccc(NC(=O)c2cc(NC(=S)NC(=O)c3cc(CO)c(CO)c(OC)c3)ccc2Cl)cc1. The Kier molecular flexibility index (Phi) is 9.20. The molecule has 11 heteroatoms. The van der Waals surface area contributed by atoms with Crippen LogP contribution in [0.2, 0.25) is 5.02 Å². The fourth-order valence-electron chi connectivity index (χ4n) is 3.32. The minimum atomic E-state index is -0.559. The molecule has 0 aromatic heterocycles. The van der Waals surface area contributed by atoms with Crippen molar-refractivity contribution in [1.82, 2.24) is 5.32 Å². The first-order valence-corrected chi connectivity index (χ1v) is 11.4. The number of thiocarbonyl (C=S) groups is 1. The van der Waals surface area contributed by atoms with Crippen LogP contribution in [0.1, 0.15) is 31.8 Å². The van der Waals surface area contributed by atoms with Gasteiger partial charge in [-0.05, 0) is 72.4 Å². The van der Waals surface area contributed by atoms with E-state index in [4.69, 9.17) is 33.3 Å². The number of anilines is 2. The molecular formula is C25H24ClN3O6S. The summed E-state index contributed by atoms with van der Waals surface area (Å²) >= 11 is 11.5. The molecule has 0 aliphatic carbocycles. The summed E-state index contributed by atoms with van der Waals surface area (Å²) in [5, 5.41) is 27.4. The summed E-state index contributed by atoms with van der Waals surface area (Å²) in [6.45, 7) is -0.742. The molecule has 0 saturated heterocycles. The molecular weight excluding hydrogens is 506 g/mol. The number of aliphatic hydroxyl groups is 2. The fourth-order valence-corrected chi connectivity index (χ4v) is 3.74. The molecule has 0 spiro atoms. The first kappa shape index (κ1) is 26.9. The lowest BCUT2D eigenvalue weighted by atomic mass is 10.0. The molecule has 36 heavy (non-hydrogen) atoms. The Morgan fingerprint density at radius 1 is 0.889 bits per heavy atom. The zero-order valence-electron chi connectivity index (χ0n) is 19.4. The lowest BCUT2D eigenvalue weighted by molar-refractivity contribution is 0.0975. The smallest absolute Gasteiger partial charge is 0.257 e. The molecule has 0 heterocycles. The number of carbonyl (C=O) groups is 2. The van der Waals surface area contributed by atoms with E-state index in [1.165, 1.54) is 31.4 Å². The van der Waals surface area contributed by atoms with Crippen LogP contribution in [0.25, 0.3) is 0 Å². The first-order chi connectivity index (χ1) is 17.3. The van der Waals surface area contributed by atoms with Gasteiger partial charge in [-0.15, -0.1) is 0 Å². The predicted molar refractivity (Wildman–Crippen MR) is 141 cm³/mol. The molecule has 5 N–H and O–H groups in total. The highest BCUT2D eigenvalue weighted by atomic mass is 35.5. The number of nitrogens with one attached hydrogen (secondary N) is 3. The third-order valence-electron chi connectivity index (χ3n) is 5.16. The van der Waals surface area contributed by atoms with Gasteiger partial charge in [0.2, 0.25) is 0 Å². The van der Waals surface area contributed by atoms with Gasteiger partial charge in [0.25, 0.3) is 11.8 Å². The average Bonchev–Trinajstić information content (AvgIpc) is 2.89. The number of benzene rings is 3. The van der Waals surface area contributed by atoms with Gasteiger partial charge in [-0.2, -0.15) is 0 Å². The van der Waals surface area contributed by atoms with Gasteiger partial charge >= 0.3 is 0 Å². The normalized spacial score (nSPS) is 10.4.